The van der Waals surface area contributed by atoms with E-state index < -0.39 is 6.10 Å². The normalized spacial score (nSPS) is 11.8. The highest BCUT2D eigenvalue weighted by molar-refractivity contribution is 5.80. The van der Waals surface area contributed by atoms with Crippen LogP contribution in [0.2, 0.25) is 0 Å². The van der Waals surface area contributed by atoms with Crippen LogP contribution in [0, 0.1) is 0 Å². The lowest BCUT2D eigenvalue weighted by molar-refractivity contribution is -0.127. The van der Waals surface area contributed by atoms with Gasteiger partial charge < -0.3 is 14.8 Å². The van der Waals surface area contributed by atoms with Gasteiger partial charge in [0.2, 0.25) is 0 Å². The quantitative estimate of drug-likeness (QED) is 0.244. The minimum atomic E-state index is -0.495. The molecule has 1 aromatic carbocycles. The van der Waals surface area contributed by atoms with Crippen molar-refractivity contribution in [2.45, 2.75) is 110 Å². The summed E-state index contributed by atoms with van der Waals surface area (Å²) in [5.74, 6) is 1.40. The first-order chi connectivity index (χ1) is 14.7. The number of benzene rings is 1. The molecule has 4 nitrogen and oxygen atoms in total. The smallest absolute Gasteiger partial charge is 0.260 e. The van der Waals surface area contributed by atoms with Crippen LogP contribution in [0.25, 0.3) is 0 Å². The molecule has 4 heteroatoms. The number of carbonyl (C=O) groups is 1. The van der Waals surface area contributed by atoms with E-state index in [4.69, 9.17) is 9.47 Å². The van der Waals surface area contributed by atoms with Gasteiger partial charge in [-0.3, -0.25) is 4.79 Å². The van der Waals surface area contributed by atoms with Crippen molar-refractivity contribution >= 4 is 5.91 Å². The highest BCUT2D eigenvalue weighted by Crippen LogP contribution is 2.18. The molecule has 1 unspecified atom stereocenters. The molecule has 0 bridgehead atoms. The summed E-state index contributed by atoms with van der Waals surface area (Å²) in [7, 11) is 1.63. The molecule has 172 valence electrons. The predicted octanol–water partition coefficient (Wildman–Crippen LogP) is 7.06. The molecule has 30 heavy (non-hydrogen) atoms. The lowest BCUT2D eigenvalue weighted by atomic mass is 10.0. The molecule has 1 N–H and O–H groups in total. The van der Waals surface area contributed by atoms with E-state index in [1.54, 1.807) is 14.0 Å². The zero-order valence-corrected chi connectivity index (χ0v) is 19.7. The fourth-order valence-corrected chi connectivity index (χ4v) is 3.59. The van der Waals surface area contributed by atoms with Gasteiger partial charge in [0.05, 0.1) is 7.11 Å². The van der Waals surface area contributed by atoms with E-state index in [0.717, 1.165) is 18.7 Å². The molecule has 0 aliphatic carbocycles. The molecule has 0 saturated carbocycles. The van der Waals surface area contributed by atoms with Crippen LogP contribution in [0.5, 0.6) is 11.5 Å². The van der Waals surface area contributed by atoms with E-state index in [1.807, 2.05) is 24.3 Å². The lowest BCUT2D eigenvalue weighted by Gasteiger charge is -2.15. The van der Waals surface area contributed by atoms with E-state index in [9.17, 15) is 4.79 Å². The first kappa shape index (κ1) is 26.3. The van der Waals surface area contributed by atoms with Crippen molar-refractivity contribution in [1.29, 1.82) is 0 Å². The minimum absolute atomic E-state index is 0.0551. The average Bonchev–Trinajstić information content (AvgIpc) is 2.76. The van der Waals surface area contributed by atoms with Crippen molar-refractivity contribution < 1.29 is 14.3 Å². The Morgan fingerprint density at radius 2 is 1.20 bits per heavy atom. The Hall–Kier alpha value is -1.71. The maximum Gasteiger partial charge on any atom is 0.260 e. The molecular formula is C26H45NO3. The molecule has 1 atom stereocenters. The van der Waals surface area contributed by atoms with Crippen LogP contribution in [0.15, 0.2) is 24.3 Å². The third-order valence-electron chi connectivity index (χ3n) is 5.57. The Balaban J connectivity index is 1.90. The zero-order valence-electron chi connectivity index (χ0n) is 19.7. The summed E-state index contributed by atoms with van der Waals surface area (Å²) in [6.45, 7) is 4.79. The van der Waals surface area contributed by atoms with Crippen LogP contribution in [0.4, 0.5) is 0 Å². The van der Waals surface area contributed by atoms with Crippen LogP contribution in [-0.2, 0) is 4.79 Å². The maximum atomic E-state index is 12.1. The highest BCUT2D eigenvalue weighted by Gasteiger charge is 2.13. The van der Waals surface area contributed by atoms with Crippen LogP contribution in [0.1, 0.15) is 104 Å². The van der Waals surface area contributed by atoms with Gasteiger partial charge in [0.1, 0.15) is 11.5 Å². The summed E-state index contributed by atoms with van der Waals surface area (Å²) in [5, 5.41) is 2.98. The predicted molar refractivity (Wildman–Crippen MR) is 126 cm³/mol. The molecule has 1 amide bonds. The van der Waals surface area contributed by atoms with E-state index >= 15 is 0 Å². The van der Waals surface area contributed by atoms with E-state index in [-0.39, 0.29) is 5.91 Å². The van der Waals surface area contributed by atoms with Crippen molar-refractivity contribution in [1.82, 2.24) is 5.32 Å². The summed E-state index contributed by atoms with van der Waals surface area (Å²) < 4.78 is 10.8. The minimum Gasteiger partial charge on any atom is -0.497 e. The van der Waals surface area contributed by atoms with Gasteiger partial charge in [-0.15, -0.1) is 0 Å². The number of carbonyl (C=O) groups excluding carboxylic acids is 1. The second kappa shape index (κ2) is 18.1. The lowest BCUT2D eigenvalue weighted by Crippen LogP contribution is -2.36. The Labute approximate surface area is 185 Å². The van der Waals surface area contributed by atoms with Crippen LogP contribution in [0.3, 0.4) is 0 Å². The Morgan fingerprint density at radius 3 is 1.67 bits per heavy atom. The second-order valence-corrected chi connectivity index (χ2v) is 8.32. The van der Waals surface area contributed by atoms with Gasteiger partial charge in [0.15, 0.2) is 6.10 Å². The number of amides is 1. The molecule has 0 aliphatic rings. The molecule has 0 spiro atoms. The Bertz CT molecular complexity index is 530. The van der Waals surface area contributed by atoms with Crippen LogP contribution < -0.4 is 14.8 Å². The SMILES string of the molecule is CCCCCCCCCCCCCCCCNC(=O)C(C)Oc1ccc(OC)cc1. The van der Waals surface area contributed by atoms with Gasteiger partial charge >= 0.3 is 0 Å². The fraction of sp³-hybridized carbons (Fsp3) is 0.731. The Kier molecular flexibility index (Phi) is 15.9. The van der Waals surface area contributed by atoms with Crippen molar-refractivity contribution in [3.05, 3.63) is 24.3 Å². The van der Waals surface area contributed by atoms with Crippen molar-refractivity contribution in [3.8, 4) is 11.5 Å². The van der Waals surface area contributed by atoms with Gasteiger partial charge in [0.25, 0.3) is 5.91 Å². The van der Waals surface area contributed by atoms with E-state index in [1.165, 1.54) is 83.5 Å². The standard InChI is InChI=1S/C26H45NO3/c1-4-5-6-7-8-9-10-11-12-13-14-15-16-17-22-27-26(28)23(2)30-25-20-18-24(29-3)19-21-25/h18-21,23H,4-17,22H2,1-3H3,(H,27,28). The number of methoxy groups -OCH3 is 1. The van der Waals surface area contributed by atoms with Crippen LogP contribution >= 0.6 is 0 Å². The van der Waals surface area contributed by atoms with E-state index in [0.29, 0.717) is 5.75 Å². The van der Waals surface area contributed by atoms with Gasteiger partial charge in [-0.05, 0) is 37.6 Å². The number of unbranched alkanes of at least 4 members (excludes halogenated alkanes) is 13. The molecule has 0 radical (unpaired) electrons. The first-order valence-corrected chi connectivity index (χ1v) is 12.3. The summed E-state index contributed by atoms with van der Waals surface area (Å²) in [4.78, 5) is 12.1. The molecule has 0 fully saturated rings. The number of hydrogen-bond acceptors (Lipinski definition) is 3. The number of nitrogens with one attached hydrogen (secondary N) is 1. The largest absolute Gasteiger partial charge is 0.497 e. The molecule has 0 heterocycles. The second-order valence-electron chi connectivity index (χ2n) is 8.32. The Morgan fingerprint density at radius 1 is 0.767 bits per heavy atom. The van der Waals surface area contributed by atoms with Gasteiger partial charge in [-0.2, -0.15) is 0 Å². The molecule has 0 aromatic heterocycles. The summed E-state index contributed by atoms with van der Waals surface area (Å²) in [5.41, 5.74) is 0. The fourth-order valence-electron chi connectivity index (χ4n) is 3.59. The topological polar surface area (TPSA) is 47.6 Å². The molecule has 0 aliphatic heterocycles. The molecule has 1 aromatic rings. The number of hydrogen-bond donors (Lipinski definition) is 1. The number of ether oxygens (including phenoxy) is 2. The highest BCUT2D eigenvalue weighted by atomic mass is 16.5. The van der Waals surface area contributed by atoms with E-state index in [2.05, 4.69) is 12.2 Å². The van der Waals surface area contributed by atoms with Crippen molar-refractivity contribution in [2.75, 3.05) is 13.7 Å². The maximum absolute atomic E-state index is 12.1. The summed E-state index contributed by atoms with van der Waals surface area (Å²) >= 11 is 0. The molecule has 1 rings (SSSR count). The third kappa shape index (κ3) is 13.5. The third-order valence-corrected chi connectivity index (χ3v) is 5.57. The zero-order chi connectivity index (χ0) is 21.9. The van der Waals surface area contributed by atoms with Crippen molar-refractivity contribution in [2.24, 2.45) is 0 Å². The van der Waals surface area contributed by atoms with Gasteiger partial charge in [0, 0.05) is 6.54 Å². The summed E-state index contributed by atoms with van der Waals surface area (Å²) in [6, 6.07) is 7.29. The van der Waals surface area contributed by atoms with Crippen LogP contribution in [-0.4, -0.2) is 25.7 Å². The number of rotatable bonds is 19. The average molecular weight is 420 g/mol. The van der Waals surface area contributed by atoms with Crippen molar-refractivity contribution in [3.63, 3.8) is 0 Å². The van der Waals surface area contributed by atoms with Gasteiger partial charge in [-0.25, -0.2) is 0 Å². The monoisotopic (exact) mass is 419 g/mol. The molecule has 0 saturated heterocycles. The summed E-state index contributed by atoms with van der Waals surface area (Å²) in [6.07, 6.45) is 18.3. The van der Waals surface area contributed by atoms with Gasteiger partial charge in [-0.1, -0.05) is 90.4 Å². The molecular weight excluding hydrogens is 374 g/mol. The first-order valence-electron chi connectivity index (χ1n) is 12.3.